The monoisotopic (exact) mass is 392 g/mol. The van der Waals surface area contributed by atoms with E-state index in [0.717, 1.165) is 12.1 Å². The Balaban J connectivity index is 1.57. The van der Waals surface area contributed by atoms with E-state index in [4.69, 9.17) is 9.47 Å². The van der Waals surface area contributed by atoms with Crippen molar-refractivity contribution in [2.75, 3.05) is 12.4 Å². The number of carbonyl (C=O) groups excluding carboxylic acids is 1. The summed E-state index contributed by atoms with van der Waals surface area (Å²) in [5.74, 6) is 1.92. The quantitative estimate of drug-likeness (QED) is 0.811. The van der Waals surface area contributed by atoms with E-state index in [-0.39, 0.29) is 17.7 Å². The van der Waals surface area contributed by atoms with Gasteiger partial charge in [0.25, 0.3) is 0 Å². The Labute approximate surface area is 169 Å². The SMILES string of the molecule is COc1cccc(NC(=O)[C@@H]2C[C@@]2(Oc2cnc(C)nc2C)C2C=CC=CC2)n1. The van der Waals surface area contributed by atoms with Gasteiger partial charge in [0.1, 0.15) is 17.2 Å². The number of hydrogen-bond acceptors (Lipinski definition) is 6. The molecule has 2 aliphatic rings. The Kier molecular flexibility index (Phi) is 5.05. The van der Waals surface area contributed by atoms with Crippen LogP contribution in [0.4, 0.5) is 5.82 Å². The Hall–Kier alpha value is -3.22. The lowest BCUT2D eigenvalue weighted by Crippen LogP contribution is -2.35. The molecule has 1 saturated carbocycles. The van der Waals surface area contributed by atoms with Crippen LogP contribution < -0.4 is 14.8 Å². The number of rotatable bonds is 6. The molecule has 29 heavy (non-hydrogen) atoms. The maximum absolute atomic E-state index is 13.0. The highest BCUT2D eigenvalue weighted by molar-refractivity contribution is 5.95. The van der Waals surface area contributed by atoms with Gasteiger partial charge in [-0.1, -0.05) is 30.4 Å². The second-order valence-corrected chi connectivity index (χ2v) is 7.39. The van der Waals surface area contributed by atoms with Crippen LogP contribution >= 0.6 is 0 Å². The van der Waals surface area contributed by atoms with E-state index in [1.807, 2.05) is 26.0 Å². The third-order valence-electron chi connectivity index (χ3n) is 5.42. The zero-order valence-electron chi connectivity index (χ0n) is 16.8. The third kappa shape index (κ3) is 3.85. The molecule has 150 valence electrons. The van der Waals surface area contributed by atoms with Crippen LogP contribution in [0.5, 0.6) is 11.6 Å². The van der Waals surface area contributed by atoms with Crippen molar-refractivity contribution in [2.24, 2.45) is 11.8 Å². The first-order chi connectivity index (χ1) is 14.0. The molecule has 0 saturated heterocycles. The van der Waals surface area contributed by atoms with Gasteiger partial charge in [0.05, 0.1) is 24.9 Å². The fourth-order valence-corrected chi connectivity index (χ4v) is 3.80. The summed E-state index contributed by atoms with van der Waals surface area (Å²) in [6.07, 6.45) is 11.4. The Morgan fingerprint density at radius 3 is 2.83 bits per heavy atom. The second kappa shape index (κ2) is 7.66. The van der Waals surface area contributed by atoms with Crippen molar-refractivity contribution in [3.8, 4) is 11.6 Å². The molecule has 2 aliphatic carbocycles. The number of nitrogens with one attached hydrogen (secondary N) is 1. The van der Waals surface area contributed by atoms with Gasteiger partial charge in [-0.3, -0.25) is 4.79 Å². The average molecular weight is 392 g/mol. The van der Waals surface area contributed by atoms with Crippen LogP contribution in [0.1, 0.15) is 24.4 Å². The van der Waals surface area contributed by atoms with Gasteiger partial charge in [-0.25, -0.2) is 9.97 Å². The first-order valence-electron chi connectivity index (χ1n) is 9.66. The van der Waals surface area contributed by atoms with Gasteiger partial charge in [-0.15, -0.1) is 0 Å². The van der Waals surface area contributed by atoms with Crippen molar-refractivity contribution in [1.29, 1.82) is 0 Å². The molecule has 3 atom stereocenters. The van der Waals surface area contributed by atoms with Crippen LogP contribution in [0.3, 0.4) is 0 Å². The zero-order chi connectivity index (χ0) is 20.4. The van der Waals surface area contributed by atoms with Gasteiger partial charge in [-0.2, -0.15) is 4.98 Å². The number of aromatic nitrogens is 3. The highest BCUT2D eigenvalue weighted by Gasteiger charge is 2.64. The number of carbonyl (C=O) groups is 1. The Bertz CT molecular complexity index is 988. The number of anilines is 1. The van der Waals surface area contributed by atoms with Gasteiger partial charge in [-0.05, 0) is 26.3 Å². The van der Waals surface area contributed by atoms with Crippen LogP contribution in [0, 0.1) is 25.7 Å². The standard InChI is InChI=1S/C22H24N4O3/c1-14-18(13-23-15(2)24-14)29-22(16-8-5-4-6-9-16)12-17(22)21(27)26-19-10-7-11-20(25-19)28-3/h4-8,10-11,13,16-17H,9,12H2,1-3H3,(H,25,26,27)/t16?,17-,22+/m0/s1. The number of hydrogen-bond donors (Lipinski definition) is 1. The fourth-order valence-electron chi connectivity index (χ4n) is 3.80. The van der Waals surface area contributed by atoms with Crippen molar-refractivity contribution >= 4 is 11.7 Å². The van der Waals surface area contributed by atoms with Gasteiger partial charge >= 0.3 is 0 Å². The van der Waals surface area contributed by atoms with Crippen LogP contribution in [-0.2, 0) is 4.79 Å². The van der Waals surface area contributed by atoms with Crippen LogP contribution in [-0.4, -0.2) is 33.6 Å². The number of ether oxygens (including phenoxy) is 2. The molecular weight excluding hydrogens is 368 g/mol. The van der Waals surface area contributed by atoms with E-state index in [1.165, 1.54) is 0 Å². The molecule has 0 aromatic carbocycles. The Morgan fingerprint density at radius 2 is 2.10 bits per heavy atom. The van der Waals surface area contributed by atoms with Crippen molar-refractivity contribution in [2.45, 2.75) is 32.3 Å². The van der Waals surface area contributed by atoms with Crippen molar-refractivity contribution in [1.82, 2.24) is 15.0 Å². The summed E-state index contributed by atoms with van der Waals surface area (Å²) in [5, 5.41) is 2.90. The predicted molar refractivity (Wildman–Crippen MR) is 109 cm³/mol. The summed E-state index contributed by atoms with van der Waals surface area (Å²) in [6.45, 7) is 3.74. The van der Waals surface area contributed by atoms with Gasteiger partial charge in [0.15, 0.2) is 5.75 Å². The van der Waals surface area contributed by atoms with E-state index in [2.05, 4.69) is 32.4 Å². The van der Waals surface area contributed by atoms with E-state index < -0.39 is 5.60 Å². The van der Waals surface area contributed by atoms with E-state index in [1.54, 1.807) is 31.5 Å². The van der Waals surface area contributed by atoms with Gasteiger partial charge in [0.2, 0.25) is 11.8 Å². The summed E-state index contributed by atoms with van der Waals surface area (Å²) in [5.41, 5.74) is 0.154. The lowest BCUT2D eigenvalue weighted by molar-refractivity contribution is -0.119. The molecule has 0 aliphatic heterocycles. The lowest BCUT2D eigenvalue weighted by Gasteiger charge is -2.28. The third-order valence-corrected chi connectivity index (χ3v) is 5.42. The summed E-state index contributed by atoms with van der Waals surface area (Å²) in [7, 11) is 1.54. The number of aryl methyl sites for hydroxylation is 2. The molecular formula is C22H24N4O3. The molecule has 0 bridgehead atoms. The predicted octanol–water partition coefficient (Wildman–Crippen LogP) is 3.41. The maximum Gasteiger partial charge on any atom is 0.232 e. The fraction of sp³-hybridized carbons (Fsp3) is 0.364. The number of methoxy groups -OCH3 is 1. The largest absolute Gasteiger partial charge is 0.482 e. The van der Waals surface area contributed by atoms with E-state index in [9.17, 15) is 4.79 Å². The summed E-state index contributed by atoms with van der Waals surface area (Å²) in [6, 6.07) is 5.27. The number of pyridine rings is 1. The molecule has 7 heteroatoms. The summed E-state index contributed by atoms with van der Waals surface area (Å²) >= 11 is 0. The molecule has 2 heterocycles. The molecule has 0 radical (unpaired) electrons. The molecule has 4 rings (SSSR count). The van der Waals surface area contributed by atoms with Crippen LogP contribution in [0.25, 0.3) is 0 Å². The minimum absolute atomic E-state index is 0.0993. The first kappa shape index (κ1) is 19.1. The zero-order valence-corrected chi connectivity index (χ0v) is 16.8. The molecule has 2 aromatic heterocycles. The molecule has 1 N–H and O–H groups in total. The topological polar surface area (TPSA) is 86.2 Å². The van der Waals surface area contributed by atoms with E-state index >= 15 is 0 Å². The van der Waals surface area contributed by atoms with E-state index in [0.29, 0.717) is 29.7 Å². The number of nitrogens with zero attached hydrogens (tertiary/aromatic N) is 3. The minimum atomic E-state index is -0.617. The molecule has 1 fully saturated rings. The molecule has 2 aromatic rings. The smallest absolute Gasteiger partial charge is 0.232 e. The lowest BCUT2D eigenvalue weighted by atomic mass is 9.90. The van der Waals surface area contributed by atoms with Crippen LogP contribution in [0.15, 0.2) is 48.7 Å². The molecule has 7 nitrogen and oxygen atoms in total. The molecule has 1 amide bonds. The van der Waals surface area contributed by atoms with Gasteiger partial charge in [0, 0.05) is 18.4 Å². The minimum Gasteiger partial charge on any atom is -0.482 e. The van der Waals surface area contributed by atoms with Gasteiger partial charge < -0.3 is 14.8 Å². The summed E-state index contributed by atoms with van der Waals surface area (Å²) < 4.78 is 11.6. The van der Waals surface area contributed by atoms with Crippen LogP contribution in [0.2, 0.25) is 0 Å². The van der Waals surface area contributed by atoms with Crippen molar-refractivity contribution in [3.05, 3.63) is 60.2 Å². The maximum atomic E-state index is 13.0. The normalized spacial score (nSPS) is 24.8. The molecule has 0 spiro atoms. The van der Waals surface area contributed by atoms with Crippen molar-refractivity contribution < 1.29 is 14.3 Å². The second-order valence-electron chi connectivity index (χ2n) is 7.39. The number of allylic oxidation sites excluding steroid dienone is 3. The highest BCUT2D eigenvalue weighted by Crippen LogP contribution is 2.55. The van der Waals surface area contributed by atoms with Crippen molar-refractivity contribution in [3.63, 3.8) is 0 Å². The number of amides is 1. The average Bonchev–Trinajstić information content (AvgIpc) is 3.47. The Morgan fingerprint density at radius 1 is 1.24 bits per heavy atom. The highest BCUT2D eigenvalue weighted by atomic mass is 16.5. The molecule has 1 unspecified atom stereocenters. The summed E-state index contributed by atoms with van der Waals surface area (Å²) in [4.78, 5) is 25.9. The first-order valence-corrected chi connectivity index (χ1v) is 9.66.